The van der Waals surface area contributed by atoms with Crippen molar-refractivity contribution in [2.45, 2.75) is 24.8 Å². The normalized spacial score (nSPS) is 10.5. The van der Waals surface area contributed by atoms with E-state index in [0.717, 1.165) is 5.03 Å². The van der Waals surface area contributed by atoms with Gasteiger partial charge in [-0.25, -0.2) is 4.98 Å². The Kier molecular flexibility index (Phi) is 2.94. The summed E-state index contributed by atoms with van der Waals surface area (Å²) in [7, 11) is 0. The molecule has 60 valence electrons. The maximum Gasteiger partial charge on any atom is 0.0960 e. The Balaban J connectivity index is 2.91. The van der Waals surface area contributed by atoms with Crippen LogP contribution in [0.1, 0.15) is 25.5 Å². The summed E-state index contributed by atoms with van der Waals surface area (Å²) >= 11 is 1.69. The third-order valence-electron chi connectivity index (χ3n) is 1.55. The highest BCUT2D eigenvalue weighted by atomic mass is 32.2. The first kappa shape index (κ1) is 8.60. The monoisotopic (exact) mass is 167 g/mol. The molecule has 11 heavy (non-hydrogen) atoms. The van der Waals surface area contributed by atoms with E-state index in [9.17, 15) is 0 Å². The third-order valence-corrected chi connectivity index (χ3v) is 2.19. The zero-order valence-corrected chi connectivity index (χ0v) is 7.98. The standard InChI is InChI=1S/C9H13NS/c1-7(2)8-5-4-6-9(10-8)11-3/h4-7H,1-3H3. The number of rotatable bonds is 2. The summed E-state index contributed by atoms with van der Waals surface area (Å²) < 4.78 is 0. The summed E-state index contributed by atoms with van der Waals surface area (Å²) in [6.07, 6.45) is 2.05. The number of nitrogens with zero attached hydrogens (tertiary/aromatic N) is 1. The summed E-state index contributed by atoms with van der Waals surface area (Å²) in [4.78, 5) is 4.45. The van der Waals surface area contributed by atoms with Gasteiger partial charge in [0.05, 0.1) is 5.03 Å². The highest BCUT2D eigenvalue weighted by Gasteiger charge is 1.99. The van der Waals surface area contributed by atoms with Gasteiger partial charge < -0.3 is 0 Å². The van der Waals surface area contributed by atoms with E-state index in [1.165, 1.54) is 5.69 Å². The molecule has 0 radical (unpaired) electrons. The van der Waals surface area contributed by atoms with Gasteiger partial charge in [-0.15, -0.1) is 11.8 Å². The van der Waals surface area contributed by atoms with Crippen molar-refractivity contribution in [1.82, 2.24) is 4.98 Å². The Bertz CT molecular complexity index is 233. The molecular formula is C9H13NS. The van der Waals surface area contributed by atoms with Crippen molar-refractivity contribution in [3.8, 4) is 0 Å². The zero-order chi connectivity index (χ0) is 8.27. The smallest absolute Gasteiger partial charge is 0.0960 e. The summed E-state index contributed by atoms with van der Waals surface area (Å²) in [5, 5.41) is 1.11. The second-order valence-electron chi connectivity index (χ2n) is 2.76. The lowest BCUT2D eigenvalue weighted by molar-refractivity contribution is 0.804. The molecule has 1 nitrogen and oxygen atoms in total. The SMILES string of the molecule is CSc1cccc(C(C)C)n1. The molecule has 2 heteroatoms. The fraction of sp³-hybridized carbons (Fsp3) is 0.444. The zero-order valence-electron chi connectivity index (χ0n) is 7.16. The van der Waals surface area contributed by atoms with Gasteiger partial charge in [-0.05, 0) is 24.3 Å². The predicted octanol–water partition coefficient (Wildman–Crippen LogP) is 2.93. The summed E-state index contributed by atoms with van der Waals surface area (Å²) in [5.74, 6) is 0.530. The van der Waals surface area contributed by atoms with Crippen LogP contribution >= 0.6 is 11.8 Å². The van der Waals surface area contributed by atoms with Gasteiger partial charge in [0.2, 0.25) is 0 Å². The summed E-state index contributed by atoms with van der Waals surface area (Å²) in [6, 6.07) is 6.18. The molecule has 0 aromatic carbocycles. The lowest BCUT2D eigenvalue weighted by Crippen LogP contribution is -1.92. The van der Waals surface area contributed by atoms with Crippen LogP contribution in [0.3, 0.4) is 0 Å². The van der Waals surface area contributed by atoms with Crippen LogP contribution in [0.4, 0.5) is 0 Å². The number of hydrogen-bond acceptors (Lipinski definition) is 2. The molecule has 1 heterocycles. The molecule has 0 aliphatic rings. The van der Waals surface area contributed by atoms with E-state index in [1.54, 1.807) is 11.8 Å². The van der Waals surface area contributed by atoms with Gasteiger partial charge in [-0.1, -0.05) is 19.9 Å². The molecule has 1 rings (SSSR count). The quantitative estimate of drug-likeness (QED) is 0.628. The molecule has 0 bridgehead atoms. The van der Waals surface area contributed by atoms with E-state index in [0.29, 0.717) is 5.92 Å². The van der Waals surface area contributed by atoms with Crippen molar-refractivity contribution < 1.29 is 0 Å². The van der Waals surface area contributed by atoms with Crippen molar-refractivity contribution in [1.29, 1.82) is 0 Å². The number of aromatic nitrogens is 1. The summed E-state index contributed by atoms with van der Waals surface area (Å²) in [5.41, 5.74) is 1.18. The van der Waals surface area contributed by atoms with Crippen LogP contribution in [0.15, 0.2) is 23.2 Å². The van der Waals surface area contributed by atoms with E-state index in [-0.39, 0.29) is 0 Å². The fourth-order valence-electron chi connectivity index (χ4n) is 0.866. The van der Waals surface area contributed by atoms with Crippen molar-refractivity contribution in [3.05, 3.63) is 23.9 Å². The Morgan fingerprint density at radius 3 is 2.64 bits per heavy atom. The second-order valence-corrected chi connectivity index (χ2v) is 3.59. The topological polar surface area (TPSA) is 12.9 Å². The third kappa shape index (κ3) is 2.22. The average Bonchev–Trinajstić information content (AvgIpc) is 2.05. The number of thioether (sulfide) groups is 1. The van der Waals surface area contributed by atoms with E-state index < -0.39 is 0 Å². The second kappa shape index (κ2) is 3.77. The lowest BCUT2D eigenvalue weighted by atomic mass is 10.1. The maximum atomic E-state index is 4.45. The molecule has 0 saturated carbocycles. The van der Waals surface area contributed by atoms with E-state index in [2.05, 4.69) is 31.0 Å². The van der Waals surface area contributed by atoms with E-state index in [1.807, 2.05) is 12.3 Å². The first-order valence-electron chi connectivity index (χ1n) is 3.75. The Hall–Kier alpha value is -0.500. The van der Waals surface area contributed by atoms with Gasteiger partial charge in [-0.2, -0.15) is 0 Å². The van der Waals surface area contributed by atoms with Crippen LogP contribution < -0.4 is 0 Å². The van der Waals surface area contributed by atoms with Gasteiger partial charge in [0.15, 0.2) is 0 Å². The molecule has 0 fully saturated rings. The first-order valence-corrected chi connectivity index (χ1v) is 4.97. The largest absolute Gasteiger partial charge is 0.246 e. The van der Waals surface area contributed by atoms with Gasteiger partial charge in [0.25, 0.3) is 0 Å². The van der Waals surface area contributed by atoms with Gasteiger partial charge in [-0.3, -0.25) is 0 Å². The molecule has 0 spiro atoms. The Labute approximate surface area is 72.2 Å². The molecule has 1 aromatic heterocycles. The van der Waals surface area contributed by atoms with Crippen LogP contribution in [0.2, 0.25) is 0 Å². The van der Waals surface area contributed by atoms with Gasteiger partial charge >= 0.3 is 0 Å². The number of hydrogen-bond donors (Lipinski definition) is 0. The van der Waals surface area contributed by atoms with Crippen LogP contribution in [-0.2, 0) is 0 Å². The minimum absolute atomic E-state index is 0.530. The fourth-order valence-corrected chi connectivity index (χ4v) is 1.28. The van der Waals surface area contributed by atoms with Crippen LogP contribution in [0.5, 0.6) is 0 Å². The van der Waals surface area contributed by atoms with Crippen LogP contribution in [0.25, 0.3) is 0 Å². The van der Waals surface area contributed by atoms with Crippen molar-refractivity contribution in [2.24, 2.45) is 0 Å². The predicted molar refractivity (Wildman–Crippen MR) is 50.1 cm³/mol. The minimum atomic E-state index is 0.530. The molecule has 0 unspecified atom stereocenters. The van der Waals surface area contributed by atoms with Crippen molar-refractivity contribution >= 4 is 11.8 Å². The number of pyridine rings is 1. The van der Waals surface area contributed by atoms with Gasteiger partial charge in [0, 0.05) is 5.69 Å². The van der Waals surface area contributed by atoms with E-state index >= 15 is 0 Å². The molecule has 0 amide bonds. The molecule has 0 saturated heterocycles. The van der Waals surface area contributed by atoms with E-state index in [4.69, 9.17) is 0 Å². The molecule has 0 aliphatic carbocycles. The van der Waals surface area contributed by atoms with Crippen LogP contribution in [0, 0.1) is 0 Å². The van der Waals surface area contributed by atoms with Crippen molar-refractivity contribution in [2.75, 3.05) is 6.26 Å². The average molecular weight is 167 g/mol. The minimum Gasteiger partial charge on any atom is -0.246 e. The first-order chi connectivity index (χ1) is 5.24. The molecule has 1 aromatic rings. The van der Waals surface area contributed by atoms with Crippen molar-refractivity contribution in [3.63, 3.8) is 0 Å². The Morgan fingerprint density at radius 2 is 2.09 bits per heavy atom. The lowest BCUT2D eigenvalue weighted by Gasteiger charge is -2.04. The van der Waals surface area contributed by atoms with Gasteiger partial charge in [0.1, 0.15) is 0 Å². The van der Waals surface area contributed by atoms with Crippen LogP contribution in [-0.4, -0.2) is 11.2 Å². The highest BCUT2D eigenvalue weighted by Crippen LogP contribution is 2.16. The molecule has 0 atom stereocenters. The maximum absolute atomic E-state index is 4.45. The molecule has 0 aliphatic heterocycles. The highest BCUT2D eigenvalue weighted by molar-refractivity contribution is 7.98. The molecular weight excluding hydrogens is 154 g/mol. The molecule has 0 N–H and O–H groups in total. The summed E-state index contributed by atoms with van der Waals surface area (Å²) in [6.45, 7) is 4.32. The Morgan fingerprint density at radius 1 is 1.36 bits per heavy atom.